The first kappa shape index (κ1) is 10.9. The molecule has 1 aliphatic carbocycles. The summed E-state index contributed by atoms with van der Waals surface area (Å²) in [5.41, 5.74) is 5.78. The van der Waals surface area contributed by atoms with E-state index in [0.717, 1.165) is 13.2 Å². The molecule has 68 valence electrons. The first-order chi connectivity index (χ1) is 5.27. The van der Waals surface area contributed by atoms with Gasteiger partial charge in [-0.2, -0.15) is 0 Å². The maximum atomic E-state index is 5.28. The predicted octanol–water partition coefficient (Wildman–Crippen LogP) is 1.79. The molecule has 0 amide bonds. The Morgan fingerprint density at radius 1 is 1.36 bits per heavy atom. The summed E-state index contributed by atoms with van der Waals surface area (Å²) in [5.74, 6) is 0. The zero-order valence-electron chi connectivity index (χ0n) is 8.02. The van der Waals surface area contributed by atoms with Crippen molar-refractivity contribution in [2.45, 2.75) is 33.6 Å². The monoisotopic (exact) mass is 159 g/mol. The fourth-order valence-corrected chi connectivity index (χ4v) is 0.760. The third-order valence-corrected chi connectivity index (χ3v) is 1.82. The lowest BCUT2D eigenvalue weighted by molar-refractivity contribution is 0.103. The van der Waals surface area contributed by atoms with Crippen LogP contribution in [0.15, 0.2) is 0 Å². The molecule has 2 N–H and O–H groups in total. The molecule has 0 aromatic rings. The van der Waals surface area contributed by atoms with E-state index in [9.17, 15) is 0 Å². The zero-order chi connectivity index (χ0) is 8.74. The van der Waals surface area contributed by atoms with Crippen LogP contribution < -0.4 is 5.73 Å². The molecule has 0 bridgehead atoms. The van der Waals surface area contributed by atoms with Gasteiger partial charge in [0.05, 0.1) is 13.2 Å². The largest absolute Gasteiger partial charge is 0.380 e. The third-order valence-electron chi connectivity index (χ3n) is 1.82. The standard InChI is InChI=1S/C7H15NO.C2H6/c1-7(2-3-7)6-9-5-4-8;1-2/h2-6,8H2,1H3;1-2H3. The SMILES string of the molecule is CC.CC1(COCCN)CC1. The number of hydrogen-bond donors (Lipinski definition) is 1. The van der Waals surface area contributed by atoms with Crippen LogP contribution in [0.3, 0.4) is 0 Å². The van der Waals surface area contributed by atoms with Gasteiger partial charge in [-0.15, -0.1) is 0 Å². The van der Waals surface area contributed by atoms with Gasteiger partial charge in [0.15, 0.2) is 0 Å². The van der Waals surface area contributed by atoms with Gasteiger partial charge < -0.3 is 10.5 Å². The lowest BCUT2D eigenvalue weighted by Gasteiger charge is -2.06. The van der Waals surface area contributed by atoms with E-state index < -0.39 is 0 Å². The van der Waals surface area contributed by atoms with Gasteiger partial charge in [-0.1, -0.05) is 20.8 Å². The van der Waals surface area contributed by atoms with Gasteiger partial charge in [0.25, 0.3) is 0 Å². The third kappa shape index (κ3) is 5.22. The second-order valence-electron chi connectivity index (χ2n) is 3.15. The Kier molecular flexibility index (Phi) is 5.51. The molecule has 0 saturated heterocycles. The van der Waals surface area contributed by atoms with Crippen LogP contribution in [0.1, 0.15) is 33.6 Å². The molecule has 0 aliphatic heterocycles. The van der Waals surface area contributed by atoms with Gasteiger partial charge in [-0.25, -0.2) is 0 Å². The van der Waals surface area contributed by atoms with Gasteiger partial charge in [0, 0.05) is 6.54 Å². The fourth-order valence-electron chi connectivity index (χ4n) is 0.760. The van der Waals surface area contributed by atoms with Crippen LogP contribution >= 0.6 is 0 Å². The molecule has 0 atom stereocenters. The maximum absolute atomic E-state index is 5.28. The number of nitrogens with two attached hydrogens (primary N) is 1. The average Bonchev–Trinajstić information content (AvgIpc) is 2.74. The van der Waals surface area contributed by atoms with Gasteiger partial charge >= 0.3 is 0 Å². The van der Waals surface area contributed by atoms with Crippen LogP contribution in [0, 0.1) is 5.41 Å². The van der Waals surface area contributed by atoms with Gasteiger partial charge in [0.2, 0.25) is 0 Å². The molecule has 0 unspecified atom stereocenters. The fraction of sp³-hybridized carbons (Fsp3) is 1.00. The van der Waals surface area contributed by atoms with E-state index in [-0.39, 0.29) is 0 Å². The first-order valence-electron chi connectivity index (χ1n) is 4.55. The summed E-state index contributed by atoms with van der Waals surface area (Å²) < 4.78 is 5.28. The van der Waals surface area contributed by atoms with Crippen molar-refractivity contribution in [1.29, 1.82) is 0 Å². The Bertz CT molecular complexity index is 89.6. The molecule has 0 aromatic carbocycles. The highest BCUT2D eigenvalue weighted by atomic mass is 16.5. The van der Waals surface area contributed by atoms with Crippen LogP contribution in [0.2, 0.25) is 0 Å². The normalized spacial score (nSPS) is 18.5. The molecular weight excluding hydrogens is 138 g/mol. The Morgan fingerprint density at radius 2 is 1.91 bits per heavy atom. The van der Waals surface area contributed by atoms with E-state index in [4.69, 9.17) is 10.5 Å². The highest BCUT2D eigenvalue weighted by Gasteiger charge is 2.37. The quantitative estimate of drug-likeness (QED) is 0.635. The van der Waals surface area contributed by atoms with Crippen LogP contribution in [-0.4, -0.2) is 19.8 Å². The minimum atomic E-state index is 0.523. The highest BCUT2D eigenvalue weighted by Crippen LogP contribution is 2.44. The lowest BCUT2D eigenvalue weighted by Crippen LogP contribution is -2.13. The molecule has 11 heavy (non-hydrogen) atoms. The minimum Gasteiger partial charge on any atom is -0.380 e. The maximum Gasteiger partial charge on any atom is 0.0588 e. The number of ether oxygens (including phenoxy) is 1. The molecule has 1 fully saturated rings. The van der Waals surface area contributed by atoms with Crippen LogP contribution in [0.25, 0.3) is 0 Å². The summed E-state index contributed by atoms with van der Waals surface area (Å²) in [5, 5.41) is 0. The van der Waals surface area contributed by atoms with Crippen LogP contribution in [0.4, 0.5) is 0 Å². The number of hydrogen-bond acceptors (Lipinski definition) is 2. The van der Waals surface area contributed by atoms with Crippen molar-refractivity contribution in [3.8, 4) is 0 Å². The van der Waals surface area contributed by atoms with Crippen molar-refractivity contribution in [3.63, 3.8) is 0 Å². The second-order valence-corrected chi connectivity index (χ2v) is 3.15. The van der Waals surface area contributed by atoms with Gasteiger partial charge in [-0.05, 0) is 18.3 Å². The molecule has 2 nitrogen and oxygen atoms in total. The van der Waals surface area contributed by atoms with Crippen molar-refractivity contribution in [2.75, 3.05) is 19.8 Å². The average molecular weight is 159 g/mol. The Morgan fingerprint density at radius 3 is 2.27 bits per heavy atom. The second kappa shape index (κ2) is 5.56. The van der Waals surface area contributed by atoms with E-state index >= 15 is 0 Å². The number of rotatable bonds is 4. The predicted molar refractivity (Wildman–Crippen MR) is 48.6 cm³/mol. The van der Waals surface area contributed by atoms with Crippen molar-refractivity contribution in [3.05, 3.63) is 0 Å². The van der Waals surface area contributed by atoms with Crippen molar-refractivity contribution in [2.24, 2.45) is 11.1 Å². The smallest absolute Gasteiger partial charge is 0.0588 e. The Balaban J connectivity index is 0.000000461. The first-order valence-corrected chi connectivity index (χ1v) is 4.55. The summed E-state index contributed by atoms with van der Waals surface area (Å²) >= 11 is 0. The lowest BCUT2D eigenvalue weighted by atomic mass is 10.2. The molecule has 1 saturated carbocycles. The minimum absolute atomic E-state index is 0.523. The van der Waals surface area contributed by atoms with E-state index in [2.05, 4.69) is 6.92 Å². The van der Waals surface area contributed by atoms with Crippen molar-refractivity contribution in [1.82, 2.24) is 0 Å². The van der Waals surface area contributed by atoms with E-state index in [1.54, 1.807) is 0 Å². The van der Waals surface area contributed by atoms with E-state index in [1.807, 2.05) is 13.8 Å². The van der Waals surface area contributed by atoms with Gasteiger partial charge in [-0.3, -0.25) is 0 Å². The molecule has 1 rings (SSSR count). The molecule has 0 spiro atoms. The molecule has 1 aliphatic rings. The van der Waals surface area contributed by atoms with Crippen LogP contribution in [-0.2, 0) is 4.74 Å². The Labute approximate surface area is 70.1 Å². The van der Waals surface area contributed by atoms with Crippen molar-refractivity contribution >= 4 is 0 Å². The molecule has 2 heteroatoms. The zero-order valence-corrected chi connectivity index (χ0v) is 8.02. The molecular formula is C9H21NO. The summed E-state index contributed by atoms with van der Waals surface area (Å²) in [4.78, 5) is 0. The summed E-state index contributed by atoms with van der Waals surface area (Å²) in [7, 11) is 0. The molecule has 0 heterocycles. The topological polar surface area (TPSA) is 35.2 Å². The summed E-state index contributed by atoms with van der Waals surface area (Å²) in [6.45, 7) is 8.53. The highest BCUT2D eigenvalue weighted by molar-refractivity contribution is 4.87. The van der Waals surface area contributed by atoms with E-state index in [1.165, 1.54) is 12.8 Å². The molecule has 0 radical (unpaired) electrons. The van der Waals surface area contributed by atoms with Crippen LogP contribution in [0.5, 0.6) is 0 Å². The van der Waals surface area contributed by atoms with Gasteiger partial charge in [0.1, 0.15) is 0 Å². The van der Waals surface area contributed by atoms with E-state index in [0.29, 0.717) is 12.0 Å². The summed E-state index contributed by atoms with van der Waals surface area (Å²) in [6.07, 6.45) is 2.66. The summed E-state index contributed by atoms with van der Waals surface area (Å²) in [6, 6.07) is 0. The van der Waals surface area contributed by atoms with Crippen molar-refractivity contribution < 1.29 is 4.74 Å². The molecule has 0 aromatic heterocycles. The Hall–Kier alpha value is -0.0800.